The molecule has 0 spiro atoms. The van der Waals surface area contributed by atoms with Gasteiger partial charge in [-0.15, -0.1) is 12.4 Å². The van der Waals surface area contributed by atoms with E-state index in [2.05, 4.69) is 25.1 Å². The number of piperazine rings is 1. The molecule has 0 bridgehead atoms. The van der Waals surface area contributed by atoms with E-state index in [0.29, 0.717) is 5.82 Å². The molecule has 0 saturated carbocycles. The van der Waals surface area contributed by atoms with Crippen molar-refractivity contribution in [2.24, 2.45) is 5.92 Å². The fraction of sp³-hybridized carbons (Fsp3) is 0.556. The van der Waals surface area contributed by atoms with Crippen LogP contribution in [-0.4, -0.2) is 50.1 Å². The highest BCUT2D eigenvalue weighted by Gasteiger charge is 2.31. The third-order valence-electron chi connectivity index (χ3n) is 4.81. The first-order valence-electron chi connectivity index (χ1n) is 9.11. The number of benzene rings is 1. The minimum atomic E-state index is -3.70. The third kappa shape index (κ3) is 5.09. The number of halogens is 1. The molecular formula is C18H28ClN5O3S. The molecule has 2 aromatic rings. The predicted molar refractivity (Wildman–Crippen MR) is 109 cm³/mol. The highest BCUT2D eigenvalue weighted by Crippen LogP contribution is 2.26. The molecule has 0 radical (unpaired) electrons. The Bertz CT molecular complexity index is 870. The zero-order valence-electron chi connectivity index (χ0n) is 16.5. The van der Waals surface area contributed by atoms with Gasteiger partial charge < -0.3 is 9.84 Å². The maximum absolute atomic E-state index is 12.8. The minimum absolute atomic E-state index is 0. The molecule has 3 rings (SSSR count). The van der Waals surface area contributed by atoms with Gasteiger partial charge in [0.15, 0.2) is 5.82 Å². The standard InChI is InChI=1S/C18H27N5O3S.ClH/c1-12(2)16(22-27(24,25)14-7-5-13(3)6-8-14)18-20-17(21-26-18)15-11-19-9-10-23(15)4;/h5-8,12,15-16,19,22H,9-11H2,1-4H3;1H. The van der Waals surface area contributed by atoms with Crippen LogP contribution in [0.15, 0.2) is 33.7 Å². The molecular weight excluding hydrogens is 402 g/mol. The van der Waals surface area contributed by atoms with Crippen LogP contribution in [0.5, 0.6) is 0 Å². The Kier molecular flexibility index (Phi) is 7.58. The summed E-state index contributed by atoms with van der Waals surface area (Å²) < 4.78 is 33.7. The van der Waals surface area contributed by atoms with E-state index in [4.69, 9.17) is 4.52 Å². The molecule has 1 fully saturated rings. The fourth-order valence-corrected chi connectivity index (χ4v) is 4.37. The van der Waals surface area contributed by atoms with Crippen LogP contribution in [0.25, 0.3) is 0 Å². The van der Waals surface area contributed by atoms with Gasteiger partial charge in [-0.1, -0.05) is 36.7 Å². The van der Waals surface area contributed by atoms with Crippen LogP contribution in [0, 0.1) is 12.8 Å². The van der Waals surface area contributed by atoms with Gasteiger partial charge in [-0.2, -0.15) is 9.71 Å². The lowest BCUT2D eigenvalue weighted by atomic mass is 10.1. The second-order valence-electron chi connectivity index (χ2n) is 7.35. The van der Waals surface area contributed by atoms with Crippen molar-refractivity contribution in [1.29, 1.82) is 0 Å². The number of hydrogen-bond donors (Lipinski definition) is 2. The lowest BCUT2D eigenvalue weighted by molar-refractivity contribution is 0.190. The third-order valence-corrected chi connectivity index (χ3v) is 6.27. The summed E-state index contributed by atoms with van der Waals surface area (Å²) in [6.45, 7) is 8.29. The topological polar surface area (TPSA) is 100 Å². The summed E-state index contributed by atoms with van der Waals surface area (Å²) in [5.74, 6) is 0.801. The quantitative estimate of drug-likeness (QED) is 0.724. The van der Waals surface area contributed by atoms with Gasteiger partial charge in [0.1, 0.15) is 6.04 Å². The molecule has 1 aliphatic heterocycles. The summed E-state index contributed by atoms with van der Waals surface area (Å²) in [6.07, 6.45) is 0. The predicted octanol–water partition coefficient (Wildman–Crippen LogP) is 2.05. The summed E-state index contributed by atoms with van der Waals surface area (Å²) in [4.78, 5) is 6.89. The normalized spacial score (nSPS) is 19.4. The number of nitrogens with one attached hydrogen (secondary N) is 2. The van der Waals surface area contributed by atoms with Crippen molar-refractivity contribution in [2.45, 2.75) is 37.8 Å². The molecule has 1 aromatic carbocycles. The molecule has 1 saturated heterocycles. The number of sulfonamides is 1. The summed E-state index contributed by atoms with van der Waals surface area (Å²) >= 11 is 0. The molecule has 2 heterocycles. The van der Waals surface area contributed by atoms with Gasteiger partial charge in [-0.3, -0.25) is 4.90 Å². The van der Waals surface area contributed by atoms with E-state index < -0.39 is 16.1 Å². The molecule has 2 N–H and O–H groups in total. The number of nitrogens with zero attached hydrogens (tertiary/aromatic N) is 3. The van der Waals surface area contributed by atoms with Gasteiger partial charge in [0, 0.05) is 19.6 Å². The maximum atomic E-state index is 12.8. The van der Waals surface area contributed by atoms with Gasteiger partial charge in [-0.05, 0) is 32.0 Å². The summed E-state index contributed by atoms with van der Waals surface area (Å²) in [5, 5.41) is 7.42. The molecule has 2 atom stereocenters. The SMILES string of the molecule is Cc1ccc(S(=O)(=O)NC(c2nc(C3CNCCN3C)no2)C(C)C)cc1.Cl. The van der Waals surface area contributed by atoms with Crippen LogP contribution in [0.1, 0.15) is 43.2 Å². The molecule has 2 unspecified atom stereocenters. The molecule has 28 heavy (non-hydrogen) atoms. The Morgan fingerprint density at radius 3 is 2.57 bits per heavy atom. The highest BCUT2D eigenvalue weighted by atomic mass is 35.5. The summed E-state index contributed by atoms with van der Waals surface area (Å²) in [6, 6.07) is 6.15. The van der Waals surface area contributed by atoms with Crippen LogP contribution >= 0.6 is 12.4 Å². The smallest absolute Gasteiger partial charge is 0.245 e. The Balaban J connectivity index is 0.00000280. The fourth-order valence-electron chi connectivity index (χ4n) is 3.03. The van der Waals surface area contributed by atoms with E-state index in [9.17, 15) is 8.42 Å². The van der Waals surface area contributed by atoms with Gasteiger partial charge in [0.05, 0.1) is 10.9 Å². The number of rotatable bonds is 6. The molecule has 1 aliphatic rings. The largest absolute Gasteiger partial charge is 0.337 e. The number of hydrogen-bond acceptors (Lipinski definition) is 7. The molecule has 8 nitrogen and oxygen atoms in total. The highest BCUT2D eigenvalue weighted by molar-refractivity contribution is 7.89. The van der Waals surface area contributed by atoms with Crippen LogP contribution in [0.3, 0.4) is 0 Å². The van der Waals surface area contributed by atoms with Crippen LogP contribution in [-0.2, 0) is 10.0 Å². The monoisotopic (exact) mass is 429 g/mol. The zero-order valence-corrected chi connectivity index (χ0v) is 18.2. The van der Waals surface area contributed by atoms with Gasteiger partial charge >= 0.3 is 0 Å². The first kappa shape index (κ1) is 22.8. The van der Waals surface area contributed by atoms with Crippen molar-refractivity contribution in [3.05, 3.63) is 41.5 Å². The maximum Gasteiger partial charge on any atom is 0.245 e. The van der Waals surface area contributed by atoms with E-state index in [1.54, 1.807) is 24.3 Å². The van der Waals surface area contributed by atoms with E-state index in [0.717, 1.165) is 25.2 Å². The van der Waals surface area contributed by atoms with Crippen molar-refractivity contribution in [3.8, 4) is 0 Å². The Morgan fingerprint density at radius 1 is 1.29 bits per heavy atom. The Morgan fingerprint density at radius 2 is 1.96 bits per heavy atom. The minimum Gasteiger partial charge on any atom is -0.337 e. The molecule has 0 aliphatic carbocycles. The van der Waals surface area contributed by atoms with E-state index in [1.165, 1.54) is 0 Å². The van der Waals surface area contributed by atoms with Crippen LogP contribution in [0.2, 0.25) is 0 Å². The molecule has 156 valence electrons. The first-order chi connectivity index (χ1) is 12.8. The van der Waals surface area contributed by atoms with E-state index in [-0.39, 0.29) is 35.2 Å². The average molecular weight is 430 g/mol. The first-order valence-corrected chi connectivity index (χ1v) is 10.6. The number of aryl methyl sites for hydroxylation is 1. The van der Waals surface area contributed by atoms with Crippen LogP contribution < -0.4 is 10.0 Å². The van der Waals surface area contributed by atoms with Crippen molar-refractivity contribution in [1.82, 2.24) is 25.1 Å². The van der Waals surface area contributed by atoms with Crippen LogP contribution in [0.4, 0.5) is 0 Å². The second-order valence-corrected chi connectivity index (χ2v) is 9.06. The lowest BCUT2D eigenvalue weighted by Gasteiger charge is -2.30. The summed E-state index contributed by atoms with van der Waals surface area (Å²) in [7, 11) is -1.68. The summed E-state index contributed by atoms with van der Waals surface area (Å²) in [5.41, 5.74) is 1.00. The number of likely N-dealkylation sites (N-methyl/N-ethyl adjacent to an activating group) is 1. The van der Waals surface area contributed by atoms with Gasteiger partial charge in [0.25, 0.3) is 0 Å². The van der Waals surface area contributed by atoms with Crippen molar-refractivity contribution < 1.29 is 12.9 Å². The molecule has 1 aromatic heterocycles. The van der Waals surface area contributed by atoms with Gasteiger partial charge in [-0.25, -0.2) is 8.42 Å². The Hall–Kier alpha value is -1.52. The average Bonchev–Trinajstić information content (AvgIpc) is 3.10. The molecule has 10 heteroatoms. The van der Waals surface area contributed by atoms with E-state index in [1.807, 2.05) is 27.8 Å². The lowest BCUT2D eigenvalue weighted by Crippen LogP contribution is -2.44. The van der Waals surface area contributed by atoms with E-state index >= 15 is 0 Å². The van der Waals surface area contributed by atoms with Crippen molar-refractivity contribution >= 4 is 22.4 Å². The number of aromatic nitrogens is 2. The zero-order chi connectivity index (χ0) is 19.6. The van der Waals surface area contributed by atoms with Crippen molar-refractivity contribution in [3.63, 3.8) is 0 Å². The molecule has 0 amide bonds. The Labute approximate surface area is 172 Å². The van der Waals surface area contributed by atoms with Crippen molar-refractivity contribution in [2.75, 3.05) is 26.7 Å². The second kappa shape index (κ2) is 9.32. The van der Waals surface area contributed by atoms with Gasteiger partial charge in [0.2, 0.25) is 15.9 Å².